The Labute approximate surface area is 152 Å². The average molecular weight is 444 g/mol. The van der Waals surface area contributed by atoms with Crippen LogP contribution in [0, 0.1) is 3.57 Å². The van der Waals surface area contributed by atoms with E-state index in [4.69, 9.17) is 9.47 Å². The van der Waals surface area contributed by atoms with Gasteiger partial charge in [0.1, 0.15) is 0 Å². The van der Waals surface area contributed by atoms with E-state index in [9.17, 15) is 14.4 Å². The molecule has 7 nitrogen and oxygen atoms in total. The van der Waals surface area contributed by atoms with E-state index in [0.29, 0.717) is 11.0 Å². The first-order valence-electron chi connectivity index (χ1n) is 7.17. The van der Waals surface area contributed by atoms with Gasteiger partial charge >= 0.3 is 5.69 Å². The highest BCUT2D eigenvalue weighted by molar-refractivity contribution is 14.1. The maximum atomic E-state index is 12.6. The minimum atomic E-state index is -0.680. The molecule has 0 N–H and O–H groups in total. The molecule has 8 heteroatoms. The van der Waals surface area contributed by atoms with Gasteiger partial charge in [0.25, 0.3) is 11.5 Å². The lowest BCUT2D eigenvalue weighted by Crippen LogP contribution is -2.45. The van der Waals surface area contributed by atoms with Crippen LogP contribution in [0.3, 0.4) is 0 Å². The Morgan fingerprint density at radius 2 is 1.79 bits per heavy atom. The van der Waals surface area contributed by atoms with Crippen LogP contribution in [0.5, 0.6) is 0 Å². The lowest BCUT2D eigenvalue weighted by molar-refractivity contribution is -0.108. The Bertz CT molecular complexity index is 825. The van der Waals surface area contributed by atoms with Gasteiger partial charge in [0.15, 0.2) is 6.29 Å². The van der Waals surface area contributed by atoms with Gasteiger partial charge in [0.05, 0.1) is 3.57 Å². The molecule has 2 aromatic rings. The highest BCUT2D eigenvalue weighted by Crippen LogP contribution is 2.03. The molecule has 0 atom stereocenters. The van der Waals surface area contributed by atoms with Crippen molar-refractivity contribution in [3.8, 4) is 0 Å². The highest BCUT2D eigenvalue weighted by Gasteiger charge is 2.18. The maximum absolute atomic E-state index is 12.6. The molecule has 0 saturated carbocycles. The van der Waals surface area contributed by atoms with Gasteiger partial charge in [-0.15, -0.1) is 0 Å². The molecule has 0 spiro atoms. The van der Waals surface area contributed by atoms with Gasteiger partial charge in [-0.25, -0.2) is 4.79 Å². The van der Waals surface area contributed by atoms with Crippen LogP contribution in [0.1, 0.15) is 16.8 Å². The summed E-state index contributed by atoms with van der Waals surface area (Å²) < 4.78 is 12.4. The van der Waals surface area contributed by atoms with Crippen LogP contribution < -0.4 is 11.2 Å². The first-order chi connectivity index (χ1) is 11.5. The zero-order chi connectivity index (χ0) is 17.7. The van der Waals surface area contributed by atoms with Crippen molar-refractivity contribution >= 4 is 28.5 Å². The molecule has 1 aromatic carbocycles. The molecule has 2 rings (SSSR count). The zero-order valence-electron chi connectivity index (χ0n) is 13.3. The van der Waals surface area contributed by atoms with Gasteiger partial charge in [0.2, 0.25) is 0 Å². The van der Waals surface area contributed by atoms with Crippen molar-refractivity contribution in [2.24, 2.45) is 0 Å². The minimum Gasteiger partial charge on any atom is -0.356 e. The van der Waals surface area contributed by atoms with Crippen LogP contribution in [-0.2, 0) is 16.0 Å². The monoisotopic (exact) mass is 444 g/mol. The number of halogens is 1. The maximum Gasteiger partial charge on any atom is 0.338 e. The van der Waals surface area contributed by atoms with E-state index < -0.39 is 23.4 Å². The number of ether oxygens (including phenoxy) is 2. The van der Waals surface area contributed by atoms with E-state index in [-0.39, 0.29) is 15.7 Å². The third-order valence-electron chi connectivity index (χ3n) is 3.47. The molecule has 0 unspecified atom stereocenters. The summed E-state index contributed by atoms with van der Waals surface area (Å²) in [5, 5.41) is 0. The number of aryl methyl sites for hydroxylation is 1. The van der Waals surface area contributed by atoms with Gasteiger partial charge in [0, 0.05) is 38.9 Å². The molecule has 1 heterocycles. The van der Waals surface area contributed by atoms with Crippen molar-refractivity contribution in [3.05, 3.63) is 66.5 Å². The van der Waals surface area contributed by atoms with Crippen LogP contribution >= 0.6 is 22.6 Å². The molecule has 128 valence electrons. The first-order valence-corrected chi connectivity index (χ1v) is 8.24. The van der Waals surface area contributed by atoms with Crippen LogP contribution in [0.15, 0.2) is 46.1 Å². The Balaban J connectivity index is 2.44. The average Bonchev–Trinajstić information content (AvgIpc) is 2.60. The summed E-state index contributed by atoms with van der Waals surface area (Å²) in [6.45, 7) is 0.254. The molecular weight excluding hydrogens is 427 g/mol. The second-order valence-corrected chi connectivity index (χ2v) is 6.12. The Kier molecular flexibility index (Phi) is 6.46. The lowest BCUT2D eigenvalue weighted by atomic mass is 10.2. The van der Waals surface area contributed by atoms with E-state index in [1.807, 2.05) is 22.6 Å². The molecule has 0 amide bonds. The first kappa shape index (κ1) is 18.6. The summed E-state index contributed by atoms with van der Waals surface area (Å²) in [6, 6.07) is 8.22. The number of carbonyl (C=O) groups is 1. The van der Waals surface area contributed by atoms with Crippen LogP contribution in [0.2, 0.25) is 0 Å². The summed E-state index contributed by atoms with van der Waals surface area (Å²) in [5.74, 6) is -0.645. The summed E-state index contributed by atoms with van der Waals surface area (Å²) in [6.07, 6.45) is 1.36. The third kappa shape index (κ3) is 4.00. The predicted molar refractivity (Wildman–Crippen MR) is 96.3 cm³/mol. The van der Waals surface area contributed by atoms with E-state index in [1.165, 1.54) is 25.0 Å². The number of hydrogen-bond acceptors (Lipinski definition) is 5. The van der Waals surface area contributed by atoms with Crippen molar-refractivity contribution in [1.82, 2.24) is 9.13 Å². The minimum absolute atomic E-state index is 0.254. The van der Waals surface area contributed by atoms with Gasteiger partial charge in [-0.3, -0.25) is 14.2 Å². The molecular formula is C16H17IN2O5. The van der Waals surface area contributed by atoms with Gasteiger partial charge in [-0.2, -0.15) is 4.57 Å². The number of nitrogens with zero attached hydrogens (tertiary/aromatic N) is 2. The number of benzene rings is 1. The van der Waals surface area contributed by atoms with Crippen molar-refractivity contribution in [2.75, 3.05) is 14.2 Å². The normalized spacial score (nSPS) is 11.0. The number of rotatable bonds is 6. The number of hydrogen-bond donors (Lipinski definition) is 0. The largest absolute Gasteiger partial charge is 0.356 e. The highest BCUT2D eigenvalue weighted by atomic mass is 127. The Hall–Kier alpha value is -1.78. The smallest absolute Gasteiger partial charge is 0.338 e. The zero-order valence-corrected chi connectivity index (χ0v) is 15.4. The molecule has 0 fully saturated rings. The van der Waals surface area contributed by atoms with E-state index in [2.05, 4.69) is 0 Å². The molecule has 0 saturated heterocycles. The lowest BCUT2D eigenvalue weighted by Gasteiger charge is -2.15. The van der Waals surface area contributed by atoms with Crippen molar-refractivity contribution in [3.63, 3.8) is 0 Å². The Morgan fingerprint density at radius 3 is 2.38 bits per heavy atom. The van der Waals surface area contributed by atoms with Crippen LogP contribution in [0.4, 0.5) is 0 Å². The predicted octanol–water partition coefficient (Wildman–Crippen LogP) is 1.31. The third-order valence-corrected chi connectivity index (χ3v) is 4.21. The summed E-state index contributed by atoms with van der Waals surface area (Å²) in [7, 11) is 3.00. The van der Waals surface area contributed by atoms with Crippen LogP contribution in [0.25, 0.3) is 0 Å². The molecule has 1 aromatic heterocycles. The van der Waals surface area contributed by atoms with Gasteiger partial charge in [-0.05, 0) is 34.7 Å². The fourth-order valence-corrected chi connectivity index (χ4v) is 2.77. The van der Waals surface area contributed by atoms with E-state index >= 15 is 0 Å². The summed E-state index contributed by atoms with van der Waals surface area (Å²) in [4.78, 5) is 37.4. The van der Waals surface area contributed by atoms with E-state index in [1.54, 1.807) is 30.3 Å². The SMILES string of the molecule is COC(CCn1cc(I)c(=O)n(C(=O)c2ccccc2)c1=O)OC. The number of methoxy groups -OCH3 is 2. The second kappa shape index (κ2) is 8.36. The van der Waals surface area contributed by atoms with Gasteiger partial charge < -0.3 is 9.47 Å². The molecule has 24 heavy (non-hydrogen) atoms. The second-order valence-electron chi connectivity index (χ2n) is 4.95. The summed E-state index contributed by atoms with van der Waals surface area (Å²) >= 11 is 1.81. The van der Waals surface area contributed by atoms with Crippen molar-refractivity contribution in [2.45, 2.75) is 19.3 Å². The molecule has 0 radical (unpaired) electrons. The van der Waals surface area contributed by atoms with E-state index in [0.717, 1.165) is 0 Å². The van der Waals surface area contributed by atoms with Gasteiger partial charge in [-0.1, -0.05) is 18.2 Å². The molecule has 0 bridgehead atoms. The topological polar surface area (TPSA) is 79.5 Å². The van der Waals surface area contributed by atoms with Crippen molar-refractivity contribution < 1.29 is 14.3 Å². The van der Waals surface area contributed by atoms with Crippen molar-refractivity contribution in [1.29, 1.82) is 0 Å². The fraction of sp³-hybridized carbons (Fsp3) is 0.312. The number of carbonyl (C=O) groups excluding carboxylic acids is 1. The van der Waals surface area contributed by atoms with Crippen LogP contribution in [-0.4, -0.2) is 35.6 Å². The molecule has 0 aliphatic carbocycles. The fourth-order valence-electron chi connectivity index (χ4n) is 2.19. The molecule has 0 aliphatic rings. The Morgan fingerprint density at radius 1 is 1.17 bits per heavy atom. The number of aromatic nitrogens is 2. The standard InChI is InChI=1S/C16H17IN2O5/c1-23-13(24-2)8-9-18-10-12(17)15(21)19(16(18)22)14(20)11-6-4-3-5-7-11/h3-7,10,13H,8-9H2,1-2H3. The quantitative estimate of drug-likeness (QED) is 0.496. The summed E-state index contributed by atoms with van der Waals surface area (Å²) in [5.41, 5.74) is -1.03. The molecule has 0 aliphatic heterocycles.